The van der Waals surface area contributed by atoms with E-state index in [-0.39, 0.29) is 46.6 Å². The molecule has 10 unspecified atom stereocenters. The van der Waals surface area contributed by atoms with Crippen LogP contribution in [-0.4, -0.2) is 33.9 Å². The summed E-state index contributed by atoms with van der Waals surface area (Å²) in [6.07, 6.45) is 11.1. The third-order valence-electron chi connectivity index (χ3n) is 14.1. The van der Waals surface area contributed by atoms with E-state index in [0.29, 0.717) is 36.0 Å². The van der Waals surface area contributed by atoms with E-state index < -0.39 is 11.6 Å². The number of ether oxygens (including phenoxy) is 1. The number of aliphatic hydroxyl groups excluding tert-OH is 1. The molecule has 220 valence electrons. The summed E-state index contributed by atoms with van der Waals surface area (Å²) in [6.45, 7) is 19.0. The zero-order chi connectivity index (χ0) is 28.6. The van der Waals surface area contributed by atoms with Crippen LogP contribution in [0.15, 0.2) is 12.2 Å². The molecule has 0 bridgehead atoms. The molecule has 0 amide bonds. The van der Waals surface area contributed by atoms with Crippen molar-refractivity contribution in [2.45, 2.75) is 137 Å². The Labute approximate surface area is 236 Å². The van der Waals surface area contributed by atoms with Gasteiger partial charge in [0.25, 0.3) is 0 Å². The summed E-state index contributed by atoms with van der Waals surface area (Å²) in [5.74, 6) is 1.28. The van der Waals surface area contributed by atoms with E-state index in [1.54, 1.807) is 0 Å². The lowest BCUT2D eigenvalue weighted by Crippen LogP contribution is -2.67. The van der Waals surface area contributed by atoms with E-state index in [9.17, 15) is 14.7 Å². The fraction of sp³-hybridized carbons (Fsp3) is 0.882. The van der Waals surface area contributed by atoms with Crippen molar-refractivity contribution in [2.24, 2.45) is 51.2 Å². The third-order valence-corrected chi connectivity index (χ3v) is 14.1. The van der Waals surface area contributed by atoms with Gasteiger partial charge in [0.05, 0.1) is 6.10 Å². The van der Waals surface area contributed by atoms with Crippen molar-refractivity contribution in [1.82, 2.24) is 0 Å². The van der Waals surface area contributed by atoms with E-state index in [4.69, 9.17) is 9.84 Å². The lowest BCUT2D eigenvalue weighted by atomic mass is 9.33. The van der Waals surface area contributed by atoms with Crippen LogP contribution in [0.4, 0.5) is 0 Å². The molecule has 5 aliphatic carbocycles. The predicted octanol–water partition coefficient (Wildman–Crippen LogP) is 7.56. The zero-order valence-corrected chi connectivity index (χ0v) is 25.5. The summed E-state index contributed by atoms with van der Waals surface area (Å²) in [5.41, 5.74) is 1.39. The Bertz CT molecular complexity index is 1020. The van der Waals surface area contributed by atoms with Gasteiger partial charge in [-0.25, -0.2) is 0 Å². The van der Waals surface area contributed by atoms with Crippen molar-refractivity contribution in [2.75, 3.05) is 0 Å². The normalized spacial score (nSPS) is 48.2. The maximum atomic E-state index is 13.1. The Hall–Kier alpha value is -1.36. The molecule has 5 fully saturated rings. The molecular weight excluding hydrogens is 488 g/mol. The number of carboxylic acid groups (broad SMARTS) is 1. The molecule has 0 aromatic rings. The van der Waals surface area contributed by atoms with Gasteiger partial charge >= 0.3 is 11.9 Å². The number of aliphatic hydroxyl groups is 1. The number of carbonyl (C=O) groups excluding carboxylic acids is 1. The van der Waals surface area contributed by atoms with Crippen LogP contribution in [0.3, 0.4) is 0 Å². The minimum Gasteiger partial charge on any atom is -0.481 e. The molecule has 0 heterocycles. The summed E-state index contributed by atoms with van der Waals surface area (Å²) in [5, 5.41) is 20.0. The maximum absolute atomic E-state index is 13.1. The first-order valence-corrected chi connectivity index (χ1v) is 15.9. The van der Waals surface area contributed by atoms with Gasteiger partial charge in [0.1, 0.15) is 5.60 Å². The number of rotatable bonds is 6. The van der Waals surface area contributed by atoms with Crippen molar-refractivity contribution in [1.29, 1.82) is 0 Å². The van der Waals surface area contributed by atoms with Crippen LogP contribution in [0.5, 0.6) is 0 Å². The third kappa shape index (κ3) is 4.17. The van der Waals surface area contributed by atoms with Gasteiger partial charge in [-0.05, 0) is 123 Å². The monoisotopic (exact) mass is 542 g/mol. The molecule has 0 aromatic carbocycles. The van der Waals surface area contributed by atoms with E-state index in [1.165, 1.54) is 31.3 Å². The van der Waals surface area contributed by atoms with Crippen LogP contribution < -0.4 is 0 Å². The first kappa shape index (κ1) is 29.1. The lowest BCUT2D eigenvalue weighted by molar-refractivity contribution is -0.257. The number of aliphatic carboxylic acids is 1. The van der Waals surface area contributed by atoms with Gasteiger partial charge in [0.15, 0.2) is 0 Å². The first-order valence-electron chi connectivity index (χ1n) is 15.9. The van der Waals surface area contributed by atoms with Crippen LogP contribution in [0.25, 0.3) is 0 Å². The first-order chi connectivity index (χ1) is 18.1. The van der Waals surface area contributed by atoms with Gasteiger partial charge < -0.3 is 14.9 Å². The fourth-order valence-corrected chi connectivity index (χ4v) is 11.9. The number of fused-ring (bicyclic) bond motifs is 7. The van der Waals surface area contributed by atoms with E-state index >= 15 is 0 Å². The smallest absolute Gasteiger partial charge is 0.306 e. The van der Waals surface area contributed by atoms with Crippen molar-refractivity contribution >= 4 is 11.9 Å². The molecule has 5 heteroatoms. The van der Waals surface area contributed by atoms with Crippen molar-refractivity contribution < 1.29 is 24.5 Å². The van der Waals surface area contributed by atoms with Crippen LogP contribution in [0, 0.1) is 51.2 Å². The van der Waals surface area contributed by atoms with Gasteiger partial charge in [-0.15, -0.1) is 0 Å². The van der Waals surface area contributed by atoms with Gasteiger partial charge in [0, 0.05) is 18.8 Å². The van der Waals surface area contributed by atoms with E-state index in [0.717, 1.165) is 38.5 Å². The Morgan fingerprint density at radius 3 is 2.23 bits per heavy atom. The summed E-state index contributed by atoms with van der Waals surface area (Å²) in [4.78, 5) is 24.1. The van der Waals surface area contributed by atoms with Crippen LogP contribution >= 0.6 is 0 Å². The zero-order valence-electron chi connectivity index (χ0n) is 25.5. The van der Waals surface area contributed by atoms with Crippen LogP contribution in [0.2, 0.25) is 0 Å². The second-order valence-electron chi connectivity index (χ2n) is 15.8. The molecule has 2 N–H and O–H groups in total. The summed E-state index contributed by atoms with van der Waals surface area (Å²) in [7, 11) is 0. The van der Waals surface area contributed by atoms with Crippen molar-refractivity contribution in [3.05, 3.63) is 12.2 Å². The van der Waals surface area contributed by atoms with E-state index in [1.807, 2.05) is 0 Å². The Morgan fingerprint density at radius 1 is 0.846 bits per heavy atom. The van der Waals surface area contributed by atoms with Crippen molar-refractivity contribution in [3.63, 3.8) is 0 Å². The van der Waals surface area contributed by atoms with Gasteiger partial charge in [-0.2, -0.15) is 0 Å². The average molecular weight is 543 g/mol. The second-order valence-corrected chi connectivity index (χ2v) is 15.8. The van der Waals surface area contributed by atoms with Crippen LogP contribution in [-0.2, 0) is 14.3 Å². The molecule has 0 aromatic heterocycles. The lowest BCUT2D eigenvalue weighted by Gasteiger charge is -2.72. The molecule has 0 spiro atoms. The quantitative estimate of drug-likeness (QED) is 0.267. The molecule has 39 heavy (non-hydrogen) atoms. The summed E-state index contributed by atoms with van der Waals surface area (Å²) in [6, 6.07) is 0. The molecule has 10 atom stereocenters. The standard InChI is InChI=1S/C34H54O5/c1-21(2)22-13-18-34(39-28(38)10-8-9-27(36)37)20-19-32(6)23(29(22)34)11-12-25-31(5)16-15-26(35)30(3,4)24(31)14-17-33(25,32)7/h22-26,29,35H,1,8-20H2,2-7H3,(H,36,37). The number of allylic oxidation sites excluding steroid dienone is 1. The molecule has 0 saturated heterocycles. The predicted molar refractivity (Wildman–Crippen MR) is 153 cm³/mol. The maximum Gasteiger partial charge on any atom is 0.306 e. The van der Waals surface area contributed by atoms with Crippen molar-refractivity contribution in [3.8, 4) is 0 Å². The second kappa shape index (κ2) is 9.60. The Morgan fingerprint density at radius 2 is 1.56 bits per heavy atom. The molecule has 0 aliphatic heterocycles. The molecular formula is C34H54O5. The van der Waals surface area contributed by atoms with E-state index in [2.05, 4.69) is 48.1 Å². The molecule has 0 radical (unpaired) electrons. The van der Waals surface area contributed by atoms with Gasteiger partial charge in [0.2, 0.25) is 0 Å². The summed E-state index contributed by atoms with van der Waals surface area (Å²) < 4.78 is 6.47. The highest BCUT2D eigenvalue weighted by Crippen LogP contribution is 2.76. The number of carbonyl (C=O) groups is 2. The highest BCUT2D eigenvalue weighted by molar-refractivity contribution is 5.72. The van der Waals surface area contributed by atoms with Crippen LogP contribution in [0.1, 0.15) is 125 Å². The topological polar surface area (TPSA) is 83.8 Å². The molecule has 5 saturated carbocycles. The Kier molecular flexibility index (Phi) is 7.17. The summed E-state index contributed by atoms with van der Waals surface area (Å²) >= 11 is 0. The largest absolute Gasteiger partial charge is 0.481 e. The highest BCUT2D eigenvalue weighted by atomic mass is 16.6. The Balaban J connectivity index is 1.46. The van der Waals surface area contributed by atoms with Gasteiger partial charge in [-0.3, -0.25) is 9.59 Å². The number of esters is 1. The minimum absolute atomic E-state index is 0.00789. The number of carboxylic acids is 1. The highest BCUT2D eigenvalue weighted by Gasteiger charge is 2.71. The fourth-order valence-electron chi connectivity index (χ4n) is 11.9. The average Bonchev–Trinajstić information content (AvgIpc) is 3.21. The molecule has 5 aliphatic rings. The SMILES string of the molecule is C=C(C)C1CCC2(OC(=O)CCCC(=O)O)CCC3(C)C(CCC4C5(C)CCC(O)C(C)(C)C5CCC43C)C12. The molecule has 5 rings (SSSR count). The number of hydrogen-bond donors (Lipinski definition) is 2. The van der Waals surface area contributed by atoms with Gasteiger partial charge in [-0.1, -0.05) is 46.8 Å². The molecule has 5 nitrogen and oxygen atoms in total. The number of hydrogen-bond acceptors (Lipinski definition) is 4. The minimum atomic E-state index is -0.861.